The van der Waals surface area contributed by atoms with Crippen LogP contribution in [0.25, 0.3) is 0 Å². The molecule has 1 aromatic rings. The van der Waals surface area contributed by atoms with Gasteiger partial charge in [0.2, 0.25) is 0 Å². The maximum absolute atomic E-state index is 8.03. The van der Waals surface area contributed by atoms with Crippen molar-refractivity contribution in [3.8, 4) is 0 Å². The van der Waals surface area contributed by atoms with Crippen LogP contribution in [-0.4, -0.2) is 5.71 Å². The van der Waals surface area contributed by atoms with Gasteiger partial charge in [0.25, 0.3) is 0 Å². The molecular weight excluding hydrogens is 194 g/mol. The molecule has 1 aromatic carbocycles. The Morgan fingerprint density at radius 1 is 1.56 bits per heavy atom. The Morgan fingerprint density at radius 3 is 3.06 bits per heavy atom. The Balaban J connectivity index is 2.30. The van der Waals surface area contributed by atoms with Gasteiger partial charge in [-0.05, 0) is 48.9 Å². The summed E-state index contributed by atoms with van der Waals surface area (Å²) in [7, 11) is 0. The summed E-state index contributed by atoms with van der Waals surface area (Å²) in [6.07, 6.45) is 2.28. The summed E-state index contributed by atoms with van der Waals surface area (Å²) in [5.74, 6) is 0.531. The SMILES string of the molecule is [2H]/C(C(=C)C([2H])([2H])[2H])=C(\[2H])C(=N)c1cccc(C2CC2)c1. The second kappa shape index (κ2) is 4.48. The highest BCUT2D eigenvalue weighted by molar-refractivity contribution is 6.06. The lowest BCUT2D eigenvalue weighted by molar-refractivity contribution is 1.13. The summed E-state index contributed by atoms with van der Waals surface area (Å²) in [5, 5.41) is 8.03. The van der Waals surface area contributed by atoms with Crippen LogP contribution in [0.1, 0.15) is 43.6 Å². The zero-order chi connectivity index (χ0) is 15.8. The van der Waals surface area contributed by atoms with E-state index in [0.29, 0.717) is 11.5 Å². The Kier molecular flexibility index (Phi) is 1.73. The predicted octanol–water partition coefficient (Wildman–Crippen LogP) is 4.06. The molecule has 1 saturated carbocycles. The van der Waals surface area contributed by atoms with Gasteiger partial charge in [0.15, 0.2) is 0 Å². The number of hydrogen-bond acceptors (Lipinski definition) is 1. The third-order valence-electron chi connectivity index (χ3n) is 2.56. The van der Waals surface area contributed by atoms with E-state index in [1.165, 1.54) is 0 Å². The molecule has 1 aliphatic carbocycles. The highest BCUT2D eigenvalue weighted by atomic mass is 14.4. The van der Waals surface area contributed by atoms with E-state index in [1.54, 1.807) is 6.07 Å². The average Bonchev–Trinajstić information content (AvgIpc) is 3.27. The van der Waals surface area contributed by atoms with E-state index in [1.807, 2.05) is 18.2 Å². The van der Waals surface area contributed by atoms with E-state index in [0.717, 1.165) is 18.4 Å². The normalized spacial score (nSPS) is 21.9. The fourth-order valence-corrected chi connectivity index (χ4v) is 1.57. The third-order valence-corrected chi connectivity index (χ3v) is 2.56. The predicted molar refractivity (Wildman–Crippen MR) is 69.2 cm³/mol. The topological polar surface area (TPSA) is 23.9 Å². The van der Waals surface area contributed by atoms with Crippen molar-refractivity contribution in [2.45, 2.75) is 25.6 Å². The zero-order valence-electron chi connectivity index (χ0n) is 14.0. The zero-order valence-corrected chi connectivity index (χ0v) is 9.01. The maximum Gasteiger partial charge on any atom is 0.0646 e. The number of nitrogens with one attached hydrogen (secondary N) is 1. The number of allylic oxidation sites excluding steroid dienone is 3. The summed E-state index contributed by atoms with van der Waals surface area (Å²) in [6, 6.07) is 6.45. The molecule has 1 aliphatic rings. The molecule has 0 radical (unpaired) electrons. The van der Waals surface area contributed by atoms with E-state index < -0.39 is 24.5 Å². The molecule has 0 heterocycles. The number of hydrogen-bond donors (Lipinski definition) is 1. The lowest BCUT2D eigenvalue weighted by Crippen LogP contribution is -1.95. The van der Waals surface area contributed by atoms with Crippen molar-refractivity contribution in [2.75, 3.05) is 0 Å². The first kappa shape index (κ1) is 6.19. The van der Waals surface area contributed by atoms with Gasteiger partial charge in [-0.15, -0.1) is 0 Å². The van der Waals surface area contributed by atoms with Crippen LogP contribution in [0.5, 0.6) is 0 Å². The standard InChI is InChI=1S/C15H17N/c1-11(2)6-9-15(16)14-5-3-4-13(10-14)12-7-8-12/h3-6,9-10,12,16H,1,7-8H2,2H3/b9-6-,16-15?/i2D3,6D,9D. The van der Waals surface area contributed by atoms with Crippen molar-refractivity contribution in [1.82, 2.24) is 0 Å². The molecule has 16 heavy (non-hydrogen) atoms. The minimum atomic E-state index is -2.51. The average molecular weight is 216 g/mol. The lowest BCUT2D eigenvalue weighted by atomic mass is 10.0. The Bertz CT molecular complexity index is 623. The van der Waals surface area contributed by atoms with Crippen molar-refractivity contribution in [3.63, 3.8) is 0 Å². The van der Waals surface area contributed by atoms with E-state index >= 15 is 0 Å². The molecule has 0 aliphatic heterocycles. The molecule has 0 atom stereocenters. The molecule has 0 amide bonds. The van der Waals surface area contributed by atoms with Crippen LogP contribution < -0.4 is 0 Å². The smallest absolute Gasteiger partial charge is 0.0646 e. The number of rotatable bonds is 4. The van der Waals surface area contributed by atoms with Gasteiger partial charge in [0.1, 0.15) is 0 Å². The van der Waals surface area contributed by atoms with Crippen LogP contribution in [0.4, 0.5) is 0 Å². The molecule has 0 unspecified atom stereocenters. The van der Waals surface area contributed by atoms with Crippen molar-refractivity contribution >= 4 is 5.71 Å². The first-order chi connectivity index (χ1) is 9.71. The molecule has 2 rings (SSSR count). The van der Waals surface area contributed by atoms with Gasteiger partial charge in [-0.3, -0.25) is 0 Å². The van der Waals surface area contributed by atoms with Gasteiger partial charge in [-0.1, -0.05) is 36.4 Å². The van der Waals surface area contributed by atoms with Gasteiger partial charge >= 0.3 is 0 Å². The first-order valence-electron chi connectivity index (χ1n) is 7.78. The van der Waals surface area contributed by atoms with Crippen LogP contribution in [0, 0.1) is 5.41 Å². The molecular formula is C15H17N. The van der Waals surface area contributed by atoms with Gasteiger partial charge in [-0.2, -0.15) is 0 Å². The van der Waals surface area contributed by atoms with Crippen molar-refractivity contribution in [1.29, 1.82) is 5.41 Å². The molecule has 0 saturated heterocycles. The number of benzene rings is 1. The summed E-state index contributed by atoms with van der Waals surface area (Å²) in [5.41, 5.74) is 1.11. The summed E-state index contributed by atoms with van der Waals surface area (Å²) >= 11 is 0. The fraction of sp³-hybridized carbons (Fsp3) is 0.267. The van der Waals surface area contributed by atoms with E-state index in [2.05, 4.69) is 6.58 Å². The molecule has 0 aromatic heterocycles. The molecule has 0 spiro atoms. The molecule has 1 N–H and O–H groups in total. The maximum atomic E-state index is 8.03. The van der Waals surface area contributed by atoms with Crippen LogP contribution in [0.2, 0.25) is 0 Å². The largest absolute Gasteiger partial charge is 0.300 e. The van der Waals surface area contributed by atoms with Gasteiger partial charge < -0.3 is 5.41 Å². The van der Waals surface area contributed by atoms with Crippen molar-refractivity contribution in [3.05, 3.63) is 59.6 Å². The van der Waals surface area contributed by atoms with E-state index in [-0.39, 0.29) is 5.71 Å². The second-order valence-electron chi connectivity index (χ2n) is 4.00. The van der Waals surface area contributed by atoms with Crippen LogP contribution in [0.15, 0.2) is 48.5 Å². The summed E-state index contributed by atoms with van der Waals surface area (Å²) in [4.78, 5) is 0. The highest BCUT2D eigenvalue weighted by Crippen LogP contribution is 2.40. The molecule has 1 nitrogen and oxygen atoms in total. The van der Waals surface area contributed by atoms with Gasteiger partial charge in [0, 0.05) is 4.11 Å². The van der Waals surface area contributed by atoms with E-state index in [4.69, 9.17) is 12.3 Å². The first-order valence-corrected chi connectivity index (χ1v) is 5.28. The second-order valence-corrected chi connectivity index (χ2v) is 4.00. The van der Waals surface area contributed by atoms with Crippen molar-refractivity contribution < 1.29 is 6.85 Å². The lowest BCUT2D eigenvalue weighted by Gasteiger charge is -2.02. The van der Waals surface area contributed by atoms with Crippen LogP contribution >= 0.6 is 0 Å². The Morgan fingerprint density at radius 2 is 2.38 bits per heavy atom. The Labute approximate surface area is 104 Å². The molecule has 82 valence electrons. The fourth-order valence-electron chi connectivity index (χ4n) is 1.57. The highest BCUT2D eigenvalue weighted by Gasteiger charge is 2.23. The summed E-state index contributed by atoms with van der Waals surface area (Å²) < 4.78 is 37.3. The minimum Gasteiger partial charge on any atom is -0.300 e. The molecule has 0 bridgehead atoms. The van der Waals surface area contributed by atoms with Gasteiger partial charge in [-0.25, -0.2) is 0 Å². The minimum absolute atomic E-state index is 0.145. The van der Waals surface area contributed by atoms with E-state index in [9.17, 15) is 0 Å². The Hall–Kier alpha value is -1.63. The monoisotopic (exact) mass is 216 g/mol. The van der Waals surface area contributed by atoms with Gasteiger partial charge in [0.05, 0.1) is 8.45 Å². The third kappa shape index (κ3) is 2.69. The molecule has 1 fully saturated rings. The summed E-state index contributed by atoms with van der Waals surface area (Å²) in [6.45, 7) is 0.840. The van der Waals surface area contributed by atoms with Crippen LogP contribution in [-0.2, 0) is 0 Å². The van der Waals surface area contributed by atoms with Crippen molar-refractivity contribution in [2.24, 2.45) is 0 Å². The molecule has 1 heteroatoms. The van der Waals surface area contributed by atoms with Crippen LogP contribution in [0.3, 0.4) is 0 Å². The quantitative estimate of drug-likeness (QED) is 0.579.